The molecular formula is C10H13NOS2. The topological polar surface area (TPSA) is 30.0 Å². The Hall–Kier alpha value is -0.350. The summed E-state index contributed by atoms with van der Waals surface area (Å²) in [7, 11) is 0. The standard InChI is InChI=1S/C10H13NOS2/c1-7-11-8(6-14-7)5-9(12)10-3-2-4-13-10/h6,10H,2-5H2,1H3. The van der Waals surface area contributed by atoms with Crippen LogP contribution in [0.15, 0.2) is 5.38 Å². The second-order valence-electron chi connectivity index (χ2n) is 3.50. The van der Waals surface area contributed by atoms with E-state index in [-0.39, 0.29) is 5.25 Å². The number of ketones is 1. The Balaban J connectivity index is 1.93. The second kappa shape index (κ2) is 4.45. The number of thiazole rings is 1. The fourth-order valence-electron chi connectivity index (χ4n) is 1.61. The molecule has 1 unspecified atom stereocenters. The first-order valence-electron chi connectivity index (χ1n) is 4.81. The molecule has 0 spiro atoms. The largest absolute Gasteiger partial charge is 0.298 e. The number of hydrogen-bond donors (Lipinski definition) is 0. The molecule has 1 aliphatic rings. The van der Waals surface area contributed by atoms with Gasteiger partial charge in [-0.1, -0.05) is 0 Å². The van der Waals surface area contributed by atoms with E-state index in [0.717, 1.165) is 22.9 Å². The van der Waals surface area contributed by atoms with Crippen molar-refractivity contribution < 1.29 is 4.79 Å². The number of carbonyl (C=O) groups is 1. The summed E-state index contributed by atoms with van der Waals surface area (Å²) in [6, 6.07) is 0. The van der Waals surface area contributed by atoms with Gasteiger partial charge in [0.2, 0.25) is 0 Å². The first-order chi connectivity index (χ1) is 6.75. The van der Waals surface area contributed by atoms with Gasteiger partial charge in [-0.2, -0.15) is 11.8 Å². The normalized spacial score (nSPS) is 21.4. The summed E-state index contributed by atoms with van der Waals surface area (Å²) in [5.41, 5.74) is 0.949. The maximum atomic E-state index is 11.8. The monoisotopic (exact) mass is 227 g/mol. The first-order valence-corrected chi connectivity index (χ1v) is 6.74. The summed E-state index contributed by atoms with van der Waals surface area (Å²) < 4.78 is 0. The van der Waals surface area contributed by atoms with Crippen LogP contribution in [-0.4, -0.2) is 21.8 Å². The van der Waals surface area contributed by atoms with Crippen LogP contribution in [-0.2, 0) is 11.2 Å². The molecule has 0 bridgehead atoms. The molecule has 0 amide bonds. The van der Waals surface area contributed by atoms with Crippen molar-refractivity contribution in [3.05, 3.63) is 16.1 Å². The zero-order chi connectivity index (χ0) is 9.97. The van der Waals surface area contributed by atoms with E-state index >= 15 is 0 Å². The molecule has 1 atom stereocenters. The molecule has 0 aromatic carbocycles. The fraction of sp³-hybridized carbons (Fsp3) is 0.600. The van der Waals surface area contributed by atoms with Gasteiger partial charge in [-0.05, 0) is 25.5 Å². The third-order valence-electron chi connectivity index (χ3n) is 2.31. The summed E-state index contributed by atoms with van der Waals surface area (Å²) in [4.78, 5) is 16.1. The number of rotatable bonds is 3. The highest BCUT2D eigenvalue weighted by Gasteiger charge is 2.23. The number of nitrogens with zero attached hydrogens (tertiary/aromatic N) is 1. The Morgan fingerprint density at radius 1 is 1.71 bits per heavy atom. The minimum atomic E-state index is 0.247. The van der Waals surface area contributed by atoms with Gasteiger partial charge < -0.3 is 0 Å². The average molecular weight is 227 g/mol. The zero-order valence-corrected chi connectivity index (χ0v) is 9.79. The highest BCUT2D eigenvalue weighted by atomic mass is 32.2. The minimum Gasteiger partial charge on any atom is -0.298 e. The van der Waals surface area contributed by atoms with Crippen molar-refractivity contribution in [1.82, 2.24) is 4.98 Å². The summed E-state index contributed by atoms with van der Waals surface area (Å²) in [6.07, 6.45) is 2.78. The van der Waals surface area contributed by atoms with Crippen molar-refractivity contribution in [3.63, 3.8) is 0 Å². The van der Waals surface area contributed by atoms with Crippen LogP contribution >= 0.6 is 23.1 Å². The van der Waals surface area contributed by atoms with Gasteiger partial charge >= 0.3 is 0 Å². The van der Waals surface area contributed by atoms with Crippen LogP contribution < -0.4 is 0 Å². The van der Waals surface area contributed by atoms with Crippen molar-refractivity contribution in [2.24, 2.45) is 0 Å². The Kier molecular flexibility index (Phi) is 3.23. The molecule has 0 saturated carbocycles. The molecule has 1 aromatic heterocycles. The van der Waals surface area contributed by atoms with Crippen LogP contribution in [0.4, 0.5) is 0 Å². The number of Topliss-reactive ketones (excluding diaryl/α,β-unsaturated/α-hetero) is 1. The van der Waals surface area contributed by atoms with Crippen molar-refractivity contribution in [2.75, 3.05) is 5.75 Å². The molecule has 2 heterocycles. The van der Waals surface area contributed by atoms with Gasteiger partial charge in [0, 0.05) is 5.38 Å². The van der Waals surface area contributed by atoms with Crippen LogP contribution in [0.2, 0.25) is 0 Å². The fourth-order valence-corrected chi connectivity index (χ4v) is 3.45. The predicted octanol–water partition coefficient (Wildman–Crippen LogP) is 2.46. The lowest BCUT2D eigenvalue weighted by Gasteiger charge is -2.04. The second-order valence-corrected chi connectivity index (χ2v) is 5.88. The molecule has 2 nitrogen and oxygen atoms in total. The van der Waals surface area contributed by atoms with Crippen LogP contribution in [0, 0.1) is 6.92 Å². The lowest BCUT2D eigenvalue weighted by molar-refractivity contribution is -0.118. The van der Waals surface area contributed by atoms with Gasteiger partial charge in [-0.25, -0.2) is 4.98 Å². The van der Waals surface area contributed by atoms with Gasteiger partial charge in [0.15, 0.2) is 5.78 Å². The smallest absolute Gasteiger partial charge is 0.151 e. The van der Waals surface area contributed by atoms with Crippen LogP contribution in [0.25, 0.3) is 0 Å². The van der Waals surface area contributed by atoms with Crippen LogP contribution in [0.1, 0.15) is 23.5 Å². The summed E-state index contributed by atoms with van der Waals surface area (Å²) in [5, 5.41) is 3.29. The number of aromatic nitrogens is 1. The van der Waals surface area contributed by atoms with Gasteiger partial charge in [-0.3, -0.25) is 4.79 Å². The highest BCUT2D eigenvalue weighted by Crippen LogP contribution is 2.27. The number of aryl methyl sites for hydroxylation is 1. The van der Waals surface area contributed by atoms with E-state index < -0.39 is 0 Å². The number of hydrogen-bond acceptors (Lipinski definition) is 4. The minimum absolute atomic E-state index is 0.247. The van der Waals surface area contributed by atoms with E-state index in [0.29, 0.717) is 12.2 Å². The SMILES string of the molecule is Cc1nc(CC(=O)C2CCCS2)cs1. The summed E-state index contributed by atoms with van der Waals surface area (Å²) in [5.74, 6) is 1.50. The number of thioether (sulfide) groups is 1. The van der Waals surface area contributed by atoms with E-state index in [2.05, 4.69) is 4.98 Å². The highest BCUT2D eigenvalue weighted by molar-refractivity contribution is 8.00. The van der Waals surface area contributed by atoms with E-state index in [1.807, 2.05) is 12.3 Å². The van der Waals surface area contributed by atoms with Crippen LogP contribution in [0.5, 0.6) is 0 Å². The third-order valence-corrected chi connectivity index (χ3v) is 4.56. The quantitative estimate of drug-likeness (QED) is 0.794. The molecule has 0 aliphatic carbocycles. The molecule has 76 valence electrons. The van der Waals surface area contributed by atoms with Gasteiger partial charge in [-0.15, -0.1) is 11.3 Å². The van der Waals surface area contributed by atoms with E-state index in [9.17, 15) is 4.79 Å². The maximum absolute atomic E-state index is 11.8. The van der Waals surface area contributed by atoms with Gasteiger partial charge in [0.25, 0.3) is 0 Å². The van der Waals surface area contributed by atoms with E-state index in [4.69, 9.17) is 0 Å². The molecule has 2 rings (SSSR count). The molecule has 1 aromatic rings. The first kappa shape index (κ1) is 10.2. The molecule has 1 saturated heterocycles. The van der Waals surface area contributed by atoms with Crippen LogP contribution in [0.3, 0.4) is 0 Å². The Bertz CT molecular complexity index is 329. The van der Waals surface area contributed by atoms with Gasteiger partial charge in [0.05, 0.1) is 22.4 Å². The summed E-state index contributed by atoms with van der Waals surface area (Å²) >= 11 is 3.42. The summed E-state index contributed by atoms with van der Waals surface area (Å²) in [6.45, 7) is 1.98. The number of carbonyl (C=O) groups excluding carboxylic acids is 1. The molecule has 1 fully saturated rings. The van der Waals surface area contributed by atoms with Gasteiger partial charge in [0.1, 0.15) is 0 Å². The Morgan fingerprint density at radius 3 is 3.14 bits per heavy atom. The molecule has 1 aliphatic heterocycles. The third kappa shape index (κ3) is 2.36. The van der Waals surface area contributed by atoms with E-state index in [1.54, 1.807) is 23.1 Å². The molecule has 0 N–H and O–H groups in total. The van der Waals surface area contributed by atoms with Crippen molar-refractivity contribution in [1.29, 1.82) is 0 Å². The van der Waals surface area contributed by atoms with Crippen molar-refractivity contribution in [2.45, 2.75) is 31.4 Å². The Labute approximate surface area is 92.1 Å². The van der Waals surface area contributed by atoms with Crippen molar-refractivity contribution >= 4 is 28.9 Å². The van der Waals surface area contributed by atoms with E-state index in [1.165, 1.54) is 6.42 Å². The Morgan fingerprint density at radius 2 is 2.57 bits per heavy atom. The molecule has 4 heteroatoms. The van der Waals surface area contributed by atoms with Crippen molar-refractivity contribution in [3.8, 4) is 0 Å². The lowest BCUT2D eigenvalue weighted by atomic mass is 10.1. The molecule has 0 radical (unpaired) electrons. The average Bonchev–Trinajstić information content (AvgIpc) is 2.75. The zero-order valence-electron chi connectivity index (χ0n) is 8.16. The predicted molar refractivity (Wildman–Crippen MR) is 61.0 cm³/mol. The lowest BCUT2D eigenvalue weighted by Crippen LogP contribution is -2.16. The molecule has 14 heavy (non-hydrogen) atoms. The molecular weight excluding hydrogens is 214 g/mol. The maximum Gasteiger partial charge on any atom is 0.151 e.